The first-order chi connectivity index (χ1) is 7.69. The second kappa shape index (κ2) is 3.59. The molecule has 0 fully saturated rings. The number of fused-ring (bicyclic) bond motifs is 1. The maximum Gasteiger partial charge on any atom is 0.0491 e. The minimum atomic E-state index is 0.0984. The molecular formula is C15H22N2. The molecule has 0 unspecified atom stereocenters. The Balaban J connectivity index is 2.61. The van der Waals surface area contributed by atoms with Crippen LogP contribution in [0.4, 0.5) is 0 Å². The van der Waals surface area contributed by atoms with Gasteiger partial charge in [-0.2, -0.15) is 0 Å². The molecule has 2 nitrogen and oxygen atoms in total. The first-order valence-electron chi connectivity index (χ1n) is 6.18. The Morgan fingerprint density at radius 1 is 1.00 bits per heavy atom. The predicted molar refractivity (Wildman–Crippen MR) is 73.5 cm³/mol. The minimum Gasteiger partial charge on any atom is -0.361 e. The van der Waals surface area contributed by atoms with Crippen molar-refractivity contribution >= 4 is 10.9 Å². The lowest BCUT2D eigenvalue weighted by Crippen LogP contribution is -2.13. The van der Waals surface area contributed by atoms with E-state index in [2.05, 4.69) is 63.8 Å². The summed E-state index contributed by atoms with van der Waals surface area (Å²) in [6.07, 6.45) is 4.12. The van der Waals surface area contributed by atoms with E-state index in [0.717, 1.165) is 5.69 Å². The van der Waals surface area contributed by atoms with E-state index in [1.54, 1.807) is 0 Å². The van der Waals surface area contributed by atoms with Gasteiger partial charge in [-0.05, 0) is 17.0 Å². The van der Waals surface area contributed by atoms with Crippen LogP contribution in [0.3, 0.4) is 0 Å². The quantitative estimate of drug-likeness (QED) is 0.723. The molecule has 0 aliphatic heterocycles. The number of pyridine rings is 1. The molecule has 0 amide bonds. The van der Waals surface area contributed by atoms with Gasteiger partial charge in [0.15, 0.2) is 0 Å². The molecule has 0 saturated heterocycles. The van der Waals surface area contributed by atoms with Gasteiger partial charge in [0.1, 0.15) is 0 Å². The highest BCUT2D eigenvalue weighted by Crippen LogP contribution is 2.31. The van der Waals surface area contributed by atoms with E-state index in [9.17, 15) is 0 Å². The van der Waals surface area contributed by atoms with E-state index >= 15 is 0 Å². The van der Waals surface area contributed by atoms with Crippen molar-refractivity contribution in [3.05, 3.63) is 29.7 Å². The van der Waals surface area contributed by atoms with Gasteiger partial charge in [-0.25, -0.2) is 0 Å². The molecular weight excluding hydrogens is 208 g/mol. The van der Waals surface area contributed by atoms with Crippen LogP contribution in [-0.4, -0.2) is 9.97 Å². The molecule has 0 saturated carbocycles. The molecule has 0 aliphatic carbocycles. The molecule has 92 valence electrons. The van der Waals surface area contributed by atoms with Crippen LogP contribution in [-0.2, 0) is 10.8 Å². The van der Waals surface area contributed by atoms with Crippen molar-refractivity contribution in [2.24, 2.45) is 0 Å². The summed E-state index contributed by atoms with van der Waals surface area (Å²) in [4.78, 5) is 7.97. The largest absolute Gasteiger partial charge is 0.361 e. The normalized spacial score (nSPS) is 13.3. The molecule has 0 spiro atoms. The molecule has 0 bridgehead atoms. The molecule has 2 rings (SSSR count). The van der Waals surface area contributed by atoms with Crippen molar-refractivity contribution in [3.8, 4) is 0 Å². The third-order valence-electron chi connectivity index (χ3n) is 3.14. The van der Waals surface area contributed by atoms with E-state index in [1.165, 1.54) is 16.5 Å². The summed E-state index contributed by atoms with van der Waals surface area (Å²) in [6.45, 7) is 13.3. The van der Waals surface area contributed by atoms with Crippen LogP contribution in [0.1, 0.15) is 52.8 Å². The Hall–Kier alpha value is -1.31. The van der Waals surface area contributed by atoms with Gasteiger partial charge in [-0.3, -0.25) is 4.98 Å². The monoisotopic (exact) mass is 230 g/mol. The third-order valence-corrected chi connectivity index (χ3v) is 3.14. The maximum absolute atomic E-state index is 4.60. The summed E-state index contributed by atoms with van der Waals surface area (Å²) >= 11 is 0. The molecule has 2 heterocycles. The third kappa shape index (κ3) is 2.21. The van der Waals surface area contributed by atoms with Gasteiger partial charge in [0.2, 0.25) is 0 Å². The fourth-order valence-corrected chi connectivity index (χ4v) is 2.05. The van der Waals surface area contributed by atoms with E-state index in [1.807, 2.05) is 6.20 Å². The maximum atomic E-state index is 4.60. The van der Waals surface area contributed by atoms with E-state index in [4.69, 9.17) is 0 Å². The van der Waals surface area contributed by atoms with Crippen LogP contribution in [0.15, 0.2) is 18.5 Å². The van der Waals surface area contributed by atoms with Crippen LogP contribution >= 0.6 is 0 Å². The van der Waals surface area contributed by atoms with Gasteiger partial charge < -0.3 is 4.98 Å². The Labute approximate surface area is 103 Å². The molecule has 17 heavy (non-hydrogen) atoms. The highest BCUT2D eigenvalue weighted by molar-refractivity contribution is 5.83. The summed E-state index contributed by atoms with van der Waals surface area (Å²) in [5, 5.41) is 1.24. The Bertz CT molecular complexity index is 536. The highest BCUT2D eigenvalue weighted by Gasteiger charge is 2.20. The number of H-pyrrole nitrogens is 1. The number of hydrogen-bond acceptors (Lipinski definition) is 1. The topological polar surface area (TPSA) is 28.7 Å². The average Bonchev–Trinajstić information content (AvgIpc) is 2.57. The number of nitrogens with zero attached hydrogens (tertiary/aromatic N) is 1. The van der Waals surface area contributed by atoms with Crippen LogP contribution in [0.5, 0.6) is 0 Å². The average molecular weight is 230 g/mol. The molecule has 2 heteroatoms. The van der Waals surface area contributed by atoms with Gasteiger partial charge in [-0.15, -0.1) is 0 Å². The fourth-order valence-electron chi connectivity index (χ4n) is 2.05. The van der Waals surface area contributed by atoms with E-state index in [0.29, 0.717) is 0 Å². The summed E-state index contributed by atoms with van der Waals surface area (Å²) in [5.41, 5.74) is 3.91. The van der Waals surface area contributed by atoms with E-state index < -0.39 is 0 Å². The second-order valence-electron chi connectivity index (χ2n) is 6.82. The number of hydrogen-bond donors (Lipinski definition) is 1. The van der Waals surface area contributed by atoms with Crippen LogP contribution in [0.25, 0.3) is 10.9 Å². The number of rotatable bonds is 0. The summed E-state index contributed by atoms with van der Waals surface area (Å²) in [6, 6.07) is 2.17. The summed E-state index contributed by atoms with van der Waals surface area (Å²) < 4.78 is 0. The predicted octanol–water partition coefficient (Wildman–Crippen LogP) is 4.16. The molecule has 0 atom stereocenters. The van der Waals surface area contributed by atoms with Crippen molar-refractivity contribution in [2.75, 3.05) is 0 Å². The van der Waals surface area contributed by atoms with Gasteiger partial charge in [0, 0.05) is 34.4 Å². The SMILES string of the molecule is CC(C)(C)c1cc2[nH]cc(C(C)(C)C)c2cn1. The highest BCUT2D eigenvalue weighted by atomic mass is 14.7. The van der Waals surface area contributed by atoms with Crippen molar-refractivity contribution in [2.45, 2.75) is 52.4 Å². The zero-order valence-corrected chi connectivity index (χ0v) is 11.7. The van der Waals surface area contributed by atoms with Crippen molar-refractivity contribution in [3.63, 3.8) is 0 Å². The Morgan fingerprint density at radius 3 is 2.18 bits per heavy atom. The zero-order chi connectivity index (χ0) is 12.8. The Morgan fingerprint density at radius 2 is 1.65 bits per heavy atom. The first kappa shape index (κ1) is 12.2. The second-order valence-corrected chi connectivity index (χ2v) is 6.82. The molecule has 2 aromatic rings. The number of nitrogens with one attached hydrogen (secondary N) is 1. The van der Waals surface area contributed by atoms with Crippen molar-refractivity contribution in [1.29, 1.82) is 0 Å². The lowest BCUT2D eigenvalue weighted by atomic mass is 9.86. The van der Waals surface area contributed by atoms with Gasteiger partial charge in [-0.1, -0.05) is 41.5 Å². The fraction of sp³-hybridized carbons (Fsp3) is 0.533. The Kier molecular flexibility index (Phi) is 2.57. The van der Waals surface area contributed by atoms with Gasteiger partial charge in [0.25, 0.3) is 0 Å². The summed E-state index contributed by atoms with van der Waals surface area (Å²) in [5.74, 6) is 0. The lowest BCUT2D eigenvalue weighted by molar-refractivity contribution is 0.570. The standard InChI is InChI=1S/C15H22N2/c1-14(2,3)11-9-16-12-7-13(15(4,5)6)17-8-10(11)12/h7-9,16H,1-6H3. The smallest absolute Gasteiger partial charge is 0.0491 e. The molecule has 0 aliphatic rings. The lowest BCUT2D eigenvalue weighted by Gasteiger charge is -2.19. The van der Waals surface area contributed by atoms with E-state index in [-0.39, 0.29) is 10.8 Å². The number of aromatic nitrogens is 2. The summed E-state index contributed by atoms with van der Waals surface area (Å²) in [7, 11) is 0. The van der Waals surface area contributed by atoms with Gasteiger partial charge in [0.05, 0.1) is 0 Å². The number of aromatic amines is 1. The van der Waals surface area contributed by atoms with Crippen molar-refractivity contribution < 1.29 is 0 Å². The molecule has 0 aromatic carbocycles. The van der Waals surface area contributed by atoms with Crippen LogP contribution in [0.2, 0.25) is 0 Å². The van der Waals surface area contributed by atoms with Crippen LogP contribution in [0, 0.1) is 0 Å². The van der Waals surface area contributed by atoms with Crippen LogP contribution < -0.4 is 0 Å². The van der Waals surface area contributed by atoms with Crippen molar-refractivity contribution in [1.82, 2.24) is 9.97 Å². The molecule has 1 N–H and O–H groups in total. The molecule has 2 aromatic heterocycles. The zero-order valence-electron chi connectivity index (χ0n) is 11.7. The minimum absolute atomic E-state index is 0.0984. The molecule has 0 radical (unpaired) electrons. The first-order valence-corrected chi connectivity index (χ1v) is 6.18. The van der Waals surface area contributed by atoms with Gasteiger partial charge >= 0.3 is 0 Å².